The summed E-state index contributed by atoms with van der Waals surface area (Å²) in [6, 6.07) is 26.9. The van der Waals surface area contributed by atoms with Crippen LogP contribution in [0.2, 0.25) is 0 Å². The van der Waals surface area contributed by atoms with Crippen molar-refractivity contribution in [3.63, 3.8) is 0 Å². The molecular weight excluding hydrogens is 353 g/mol. The second-order valence-electron chi connectivity index (χ2n) is 6.26. The Balaban J connectivity index is 2.03. The van der Waals surface area contributed by atoms with Crippen LogP contribution in [0.5, 0.6) is 5.75 Å². The first kappa shape index (κ1) is 19.2. The summed E-state index contributed by atoms with van der Waals surface area (Å²) in [5, 5.41) is 5.04. The maximum atomic E-state index is 14.2. The van der Waals surface area contributed by atoms with Crippen LogP contribution in [0.25, 0.3) is 0 Å². The lowest BCUT2D eigenvalue weighted by Crippen LogP contribution is -2.30. The summed E-state index contributed by atoms with van der Waals surface area (Å²) in [7, 11) is -1.38. The van der Waals surface area contributed by atoms with Gasteiger partial charge in [0.05, 0.1) is 7.11 Å². The van der Waals surface area contributed by atoms with Crippen molar-refractivity contribution in [3.05, 3.63) is 103 Å². The van der Waals surface area contributed by atoms with Gasteiger partial charge in [-0.25, -0.2) is 0 Å². The highest BCUT2D eigenvalue weighted by molar-refractivity contribution is 7.76. The Morgan fingerprint density at radius 1 is 0.926 bits per heavy atom. The second kappa shape index (κ2) is 8.85. The molecule has 0 aliphatic heterocycles. The molecule has 3 aromatic carbocycles. The highest BCUT2D eigenvalue weighted by atomic mass is 31.2. The molecule has 1 unspecified atom stereocenters. The summed E-state index contributed by atoms with van der Waals surface area (Å²) in [4.78, 5) is 0. The van der Waals surface area contributed by atoms with Gasteiger partial charge in [-0.3, -0.25) is 9.65 Å². The normalized spacial score (nSPS) is 12.3. The SMILES string of the molecule is C=CCC(NP(=O)(c1ccccc1)c1ccccc1)c1ccc(OC)cc1. The number of ether oxygens (including phenoxy) is 1. The van der Waals surface area contributed by atoms with Crippen molar-refractivity contribution in [1.82, 2.24) is 5.09 Å². The third kappa shape index (κ3) is 4.39. The molecule has 0 bridgehead atoms. The quantitative estimate of drug-likeness (QED) is 0.451. The molecule has 0 spiro atoms. The summed E-state index contributed by atoms with van der Waals surface area (Å²) in [5.74, 6) is 0.797. The average Bonchev–Trinajstić information content (AvgIpc) is 2.74. The molecule has 0 aliphatic rings. The third-order valence-corrected chi connectivity index (χ3v) is 7.22. The van der Waals surface area contributed by atoms with Gasteiger partial charge in [-0.15, -0.1) is 6.58 Å². The van der Waals surface area contributed by atoms with Crippen LogP contribution in [0.15, 0.2) is 97.6 Å². The Kier molecular flexibility index (Phi) is 6.28. The van der Waals surface area contributed by atoms with Crippen molar-refractivity contribution < 1.29 is 9.30 Å². The van der Waals surface area contributed by atoms with Crippen molar-refractivity contribution in [2.75, 3.05) is 7.11 Å². The van der Waals surface area contributed by atoms with Crippen LogP contribution in [0, 0.1) is 0 Å². The van der Waals surface area contributed by atoms with Crippen LogP contribution in [0.4, 0.5) is 0 Å². The lowest BCUT2D eigenvalue weighted by atomic mass is 10.0. The van der Waals surface area contributed by atoms with Crippen molar-refractivity contribution in [1.29, 1.82) is 0 Å². The zero-order valence-electron chi connectivity index (χ0n) is 15.4. The largest absolute Gasteiger partial charge is 0.497 e. The van der Waals surface area contributed by atoms with Crippen molar-refractivity contribution in [3.8, 4) is 5.75 Å². The smallest absolute Gasteiger partial charge is 0.205 e. The van der Waals surface area contributed by atoms with Crippen LogP contribution >= 0.6 is 7.29 Å². The third-order valence-electron chi connectivity index (χ3n) is 4.50. The molecule has 3 rings (SSSR count). The molecule has 3 nitrogen and oxygen atoms in total. The van der Waals surface area contributed by atoms with E-state index in [0.717, 1.165) is 21.9 Å². The minimum absolute atomic E-state index is 0.125. The molecular formula is C23H24NO2P. The predicted octanol–water partition coefficient (Wildman–Crippen LogP) is 4.83. The van der Waals surface area contributed by atoms with Crippen LogP contribution in [0.3, 0.4) is 0 Å². The lowest BCUT2D eigenvalue weighted by molar-refractivity contribution is 0.414. The van der Waals surface area contributed by atoms with E-state index in [9.17, 15) is 4.57 Å². The molecule has 1 N–H and O–H groups in total. The summed E-state index contributed by atoms with van der Waals surface area (Å²) in [5.41, 5.74) is 1.04. The summed E-state index contributed by atoms with van der Waals surface area (Å²) in [6.45, 7) is 3.88. The fourth-order valence-electron chi connectivity index (χ4n) is 3.06. The maximum Gasteiger partial charge on any atom is 0.205 e. The Labute approximate surface area is 161 Å². The first-order valence-electron chi connectivity index (χ1n) is 8.91. The summed E-state index contributed by atoms with van der Waals surface area (Å²) in [6.07, 6.45) is 2.51. The first-order valence-corrected chi connectivity index (χ1v) is 10.6. The van der Waals surface area contributed by atoms with Crippen LogP contribution in [-0.2, 0) is 4.57 Å². The van der Waals surface area contributed by atoms with Crippen LogP contribution < -0.4 is 20.4 Å². The van der Waals surface area contributed by atoms with Gasteiger partial charge in [0.25, 0.3) is 0 Å². The molecule has 27 heavy (non-hydrogen) atoms. The zero-order chi connectivity index (χ0) is 19.1. The summed E-state index contributed by atoms with van der Waals surface area (Å²) >= 11 is 0. The number of hydrogen-bond acceptors (Lipinski definition) is 2. The molecule has 0 saturated carbocycles. The van der Waals surface area contributed by atoms with E-state index < -0.39 is 7.29 Å². The molecule has 4 heteroatoms. The van der Waals surface area contributed by atoms with Gasteiger partial charge in [0.1, 0.15) is 5.75 Å². The van der Waals surface area contributed by atoms with Gasteiger partial charge in [0, 0.05) is 16.7 Å². The van der Waals surface area contributed by atoms with E-state index in [2.05, 4.69) is 11.7 Å². The Hall–Kier alpha value is -2.61. The molecule has 0 saturated heterocycles. The van der Waals surface area contributed by atoms with E-state index in [4.69, 9.17) is 4.74 Å². The molecule has 3 aromatic rings. The number of methoxy groups -OCH3 is 1. The number of hydrogen-bond donors (Lipinski definition) is 1. The van der Waals surface area contributed by atoms with Gasteiger partial charge < -0.3 is 4.74 Å². The van der Waals surface area contributed by atoms with Crippen molar-refractivity contribution in [2.45, 2.75) is 12.5 Å². The minimum atomic E-state index is -3.02. The highest BCUT2D eigenvalue weighted by Crippen LogP contribution is 2.42. The van der Waals surface area contributed by atoms with Gasteiger partial charge in [0.15, 0.2) is 0 Å². The van der Waals surface area contributed by atoms with Gasteiger partial charge in [-0.2, -0.15) is 0 Å². The van der Waals surface area contributed by atoms with E-state index >= 15 is 0 Å². The van der Waals surface area contributed by atoms with E-state index in [1.807, 2.05) is 91.0 Å². The molecule has 0 heterocycles. The van der Waals surface area contributed by atoms with Crippen molar-refractivity contribution >= 4 is 17.9 Å². The number of rotatable bonds is 8. The molecule has 0 aliphatic carbocycles. The van der Waals surface area contributed by atoms with E-state index in [-0.39, 0.29) is 6.04 Å². The fraction of sp³-hybridized carbons (Fsp3) is 0.130. The van der Waals surface area contributed by atoms with Crippen molar-refractivity contribution in [2.24, 2.45) is 0 Å². The molecule has 0 radical (unpaired) electrons. The summed E-state index contributed by atoms with van der Waals surface area (Å²) < 4.78 is 19.5. The van der Waals surface area contributed by atoms with Gasteiger partial charge in [-0.05, 0) is 48.4 Å². The molecule has 0 fully saturated rings. The van der Waals surface area contributed by atoms with E-state index in [1.54, 1.807) is 7.11 Å². The number of nitrogens with one attached hydrogen (secondary N) is 1. The standard InChI is InChI=1S/C23H24NO2P/c1-3-10-23(19-15-17-20(26-2)18-16-19)24-27(25,21-11-6-4-7-12-21)22-13-8-5-9-14-22/h3-9,11-18,23H,1,10H2,2H3,(H,24,25). The minimum Gasteiger partial charge on any atom is -0.497 e. The monoisotopic (exact) mass is 377 g/mol. The molecule has 0 amide bonds. The van der Waals surface area contributed by atoms with Crippen LogP contribution in [-0.4, -0.2) is 7.11 Å². The average molecular weight is 377 g/mol. The van der Waals surface area contributed by atoms with E-state index in [1.165, 1.54) is 0 Å². The Morgan fingerprint density at radius 3 is 1.89 bits per heavy atom. The fourth-order valence-corrected chi connectivity index (χ4v) is 5.53. The Morgan fingerprint density at radius 2 is 1.44 bits per heavy atom. The zero-order valence-corrected chi connectivity index (χ0v) is 16.3. The van der Waals surface area contributed by atoms with E-state index in [0.29, 0.717) is 6.42 Å². The van der Waals surface area contributed by atoms with Gasteiger partial charge >= 0.3 is 0 Å². The van der Waals surface area contributed by atoms with Gasteiger partial charge in [-0.1, -0.05) is 54.6 Å². The second-order valence-corrected chi connectivity index (χ2v) is 8.77. The Bertz CT molecular complexity index is 865. The number of benzene rings is 3. The molecule has 1 atom stereocenters. The first-order chi connectivity index (χ1) is 13.2. The lowest BCUT2D eigenvalue weighted by Gasteiger charge is -2.27. The predicted molar refractivity (Wildman–Crippen MR) is 113 cm³/mol. The molecule has 138 valence electrons. The maximum absolute atomic E-state index is 14.2. The molecule has 0 aromatic heterocycles. The van der Waals surface area contributed by atoms with Crippen LogP contribution in [0.1, 0.15) is 18.0 Å². The highest BCUT2D eigenvalue weighted by Gasteiger charge is 2.30. The van der Waals surface area contributed by atoms with Gasteiger partial charge in [0.2, 0.25) is 7.29 Å². The topological polar surface area (TPSA) is 38.3 Å².